The van der Waals surface area contributed by atoms with Crippen LogP contribution in [-0.2, 0) is 0 Å². The van der Waals surface area contributed by atoms with Crippen LogP contribution in [0.3, 0.4) is 0 Å². The molecule has 19 heavy (non-hydrogen) atoms. The lowest BCUT2D eigenvalue weighted by Gasteiger charge is -2.18. The summed E-state index contributed by atoms with van der Waals surface area (Å²) in [5.41, 5.74) is 6.18. The van der Waals surface area contributed by atoms with Gasteiger partial charge in [-0.25, -0.2) is 4.98 Å². The van der Waals surface area contributed by atoms with Crippen LogP contribution in [0.25, 0.3) is 0 Å². The predicted octanol–water partition coefficient (Wildman–Crippen LogP) is 3.52. The molecule has 0 radical (unpaired) electrons. The van der Waals surface area contributed by atoms with E-state index >= 15 is 0 Å². The summed E-state index contributed by atoms with van der Waals surface area (Å²) in [4.78, 5) is 16.2. The van der Waals surface area contributed by atoms with Gasteiger partial charge in [0.2, 0.25) is 0 Å². The predicted molar refractivity (Wildman–Crippen MR) is 82.0 cm³/mol. The van der Waals surface area contributed by atoms with Crippen molar-refractivity contribution in [2.45, 2.75) is 52.0 Å². The number of hydrogen-bond donors (Lipinski definition) is 2. The van der Waals surface area contributed by atoms with Crippen molar-refractivity contribution in [1.29, 1.82) is 0 Å². The molecule has 1 aromatic rings. The zero-order chi connectivity index (χ0) is 14.3. The van der Waals surface area contributed by atoms with E-state index in [9.17, 15) is 4.79 Å². The number of carbonyl (C=O) groups is 1. The number of nitrogen functional groups attached to an aromatic ring is 1. The number of unbranched alkanes of at least 4 members (excludes halogenated alkanes) is 1. The Labute approximate surface area is 123 Å². The van der Waals surface area contributed by atoms with Crippen LogP contribution in [-0.4, -0.2) is 16.9 Å². The third-order valence-corrected chi connectivity index (χ3v) is 3.44. The molecule has 106 valence electrons. The third-order valence-electron chi connectivity index (χ3n) is 3.01. The highest BCUT2D eigenvalue weighted by molar-refractivity contribution is 9.10. The Kier molecular flexibility index (Phi) is 6.84. The molecule has 0 saturated carbocycles. The Bertz CT molecular complexity index is 423. The van der Waals surface area contributed by atoms with Crippen LogP contribution in [0, 0.1) is 0 Å². The number of halogens is 1. The van der Waals surface area contributed by atoms with E-state index < -0.39 is 0 Å². The van der Waals surface area contributed by atoms with Crippen LogP contribution < -0.4 is 11.1 Å². The Morgan fingerprint density at radius 2 is 2.16 bits per heavy atom. The van der Waals surface area contributed by atoms with Crippen LogP contribution in [0.2, 0.25) is 0 Å². The first-order chi connectivity index (χ1) is 9.08. The van der Waals surface area contributed by atoms with Crippen molar-refractivity contribution in [1.82, 2.24) is 10.3 Å². The summed E-state index contributed by atoms with van der Waals surface area (Å²) in [6.45, 7) is 4.28. The second-order valence-corrected chi connectivity index (χ2v) is 5.60. The number of carbonyl (C=O) groups excluding carboxylic acids is 1. The number of anilines is 1. The van der Waals surface area contributed by atoms with Gasteiger partial charge in [-0.3, -0.25) is 4.79 Å². The van der Waals surface area contributed by atoms with Gasteiger partial charge in [0.1, 0.15) is 5.82 Å². The van der Waals surface area contributed by atoms with Gasteiger partial charge in [0, 0.05) is 16.7 Å². The smallest absolute Gasteiger partial charge is 0.255 e. The van der Waals surface area contributed by atoms with E-state index in [2.05, 4.69) is 40.1 Å². The number of hydrogen-bond acceptors (Lipinski definition) is 3. The maximum absolute atomic E-state index is 12.2. The van der Waals surface area contributed by atoms with Crippen LogP contribution >= 0.6 is 15.9 Å². The molecule has 1 atom stereocenters. The Morgan fingerprint density at radius 1 is 1.42 bits per heavy atom. The molecule has 0 saturated heterocycles. The van der Waals surface area contributed by atoms with Crippen molar-refractivity contribution in [3.63, 3.8) is 0 Å². The van der Waals surface area contributed by atoms with Crippen LogP contribution in [0.15, 0.2) is 16.7 Å². The molecule has 0 aliphatic rings. The van der Waals surface area contributed by atoms with Gasteiger partial charge in [-0.2, -0.15) is 0 Å². The molecule has 1 unspecified atom stereocenters. The number of amides is 1. The fourth-order valence-electron chi connectivity index (χ4n) is 1.98. The van der Waals surface area contributed by atoms with E-state index in [4.69, 9.17) is 5.73 Å². The molecule has 1 amide bonds. The summed E-state index contributed by atoms with van der Waals surface area (Å²) in [7, 11) is 0. The third kappa shape index (κ3) is 5.19. The van der Waals surface area contributed by atoms with Crippen LogP contribution in [0.5, 0.6) is 0 Å². The van der Waals surface area contributed by atoms with Crippen molar-refractivity contribution >= 4 is 27.7 Å². The number of nitrogens with one attached hydrogen (secondary N) is 1. The van der Waals surface area contributed by atoms with Crippen molar-refractivity contribution < 1.29 is 4.79 Å². The van der Waals surface area contributed by atoms with E-state index in [1.165, 1.54) is 0 Å². The van der Waals surface area contributed by atoms with Crippen LogP contribution in [0.4, 0.5) is 5.82 Å². The molecule has 0 aliphatic heterocycles. The molecule has 1 aromatic heterocycles. The van der Waals surface area contributed by atoms with E-state index in [1.54, 1.807) is 12.3 Å². The molecule has 1 heterocycles. The molecule has 5 heteroatoms. The van der Waals surface area contributed by atoms with E-state index in [-0.39, 0.29) is 17.8 Å². The van der Waals surface area contributed by atoms with Gasteiger partial charge in [0.25, 0.3) is 5.91 Å². The zero-order valence-corrected chi connectivity index (χ0v) is 13.2. The van der Waals surface area contributed by atoms with Gasteiger partial charge in [-0.15, -0.1) is 0 Å². The van der Waals surface area contributed by atoms with Gasteiger partial charge >= 0.3 is 0 Å². The molecule has 0 aromatic carbocycles. The first kappa shape index (κ1) is 16.0. The molecular weight excluding hydrogens is 306 g/mol. The van der Waals surface area contributed by atoms with Crippen molar-refractivity contribution in [3.8, 4) is 0 Å². The largest absolute Gasteiger partial charge is 0.383 e. The van der Waals surface area contributed by atoms with Gasteiger partial charge in [-0.05, 0) is 34.8 Å². The zero-order valence-electron chi connectivity index (χ0n) is 11.6. The number of nitrogens with zero attached hydrogens (tertiary/aromatic N) is 1. The highest BCUT2D eigenvalue weighted by atomic mass is 79.9. The molecule has 0 fully saturated rings. The number of nitrogens with two attached hydrogens (primary N) is 1. The average molecular weight is 328 g/mol. The molecule has 3 N–H and O–H groups in total. The average Bonchev–Trinajstić information content (AvgIpc) is 2.39. The molecule has 0 bridgehead atoms. The monoisotopic (exact) mass is 327 g/mol. The summed E-state index contributed by atoms with van der Waals surface area (Å²) in [5, 5.41) is 3.06. The quantitative estimate of drug-likeness (QED) is 0.805. The standard InChI is InChI=1S/C14H22BrN3O/c1-3-5-7-11(6-4-2)18-14(19)12-8-10(15)9-17-13(12)16/h8-9,11H,3-7H2,1-2H3,(H2,16,17)(H,18,19). The van der Waals surface area contributed by atoms with Crippen molar-refractivity contribution in [2.75, 3.05) is 5.73 Å². The Balaban J connectivity index is 2.72. The summed E-state index contributed by atoms with van der Waals surface area (Å²) in [5.74, 6) is 0.132. The second-order valence-electron chi connectivity index (χ2n) is 4.69. The minimum atomic E-state index is -0.138. The fourth-order valence-corrected chi connectivity index (χ4v) is 2.31. The highest BCUT2D eigenvalue weighted by Crippen LogP contribution is 2.16. The van der Waals surface area contributed by atoms with Gasteiger partial charge in [0.15, 0.2) is 0 Å². The molecular formula is C14H22BrN3O. The summed E-state index contributed by atoms with van der Waals surface area (Å²) < 4.78 is 0.757. The molecule has 0 spiro atoms. The molecule has 1 rings (SSSR count). The van der Waals surface area contributed by atoms with Gasteiger partial charge < -0.3 is 11.1 Å². The lowest BCUT2D eigenvalue weighted by atomic mass is 10.0. The summed E-state index contributed by atoms with van der Waals surface area (Å²) >= 11 is 3.31. The van der Waals surface area contributed by atoms with Crippen molar-refractivity contribution in [2.24, 2.45) is 0 Å². The normalized spacial score (nSPS) is 12.2. The first-order valence-electron chi connectivity index (χ1n) is 6.80. The minimum absolute atomic E-state index is 0.138. The number of pyridine rings is 1. The van der Waals surface area contributed by atoms with Crippen LogP contribution in [0.1, 0.15) is 56.3 Å². The lowest BCUT2D eigenvalue weighted by Crippen LogP contribution is -2.35. The number of aromatic nitrogens is 1. The molecule has 0 aliphatic carbocycles. The maximum atomic E-state index is 12.2. The van der Waals surface area contributed by atoms with Gasteiger partial charge in [-0.1, -0.05) is 33.1 Å². The Morgan fingerprint density at radius 3 is 2.79 bits per heavy atom. The van der Waals surface area contributed by atoms with E-state index in [0.29, 0.717) is 5.56 Å². The second kappa shape index (κ2) is 8.15. The fraction of sp³-hybridized carbons (Fsp3) is 0.571. The Hall–Kier alpha value is -1.10. The lowest BCUT2D eigenvalue weighted by molar-refractivity contribution is 0.0932. The van der Waals surface area contributed by atoms with E-state index in [1.807, 2.05) is 0 Å². The first-order valence-corrected chi connectivity index (χ1v) is 7.59. The number of rotatable bonds is 7. The molecule has 4 nitrogen and oxygen atoms in total. The summed E-state index contributed by atoms with van der Waals surface area (Å²) in [6, 6.07) is 1.93. The SMILES string of the molecule is CCCCC(CCC)NC(=O)c1cc(Br)cnc1N. The van der Waals surface area contributed by atoms with Crippen molar-refractivity contribution in [3.05, 3.63) is 22.3 Å². The minimum Gasteiger partial charge on any atom is -0.383 e. The topological polar surface area (TPSA) is 68.0 Å². The maximum Gasteiger partial charge on any atom is 0.255 e. The summed E-state index contributed by atoms with van der Waals surface area (Å²) in [6.07, 6.45) is 6.91. The van der Waals surface area contributed by atoms with Gasteiger partial charge in [0.05, 0.1) is 5.56 Å². The van der Waals surface area contributed by atoms with E-state index in [0.717, 1.165) is 36.6 Å². The highest BCUT2D eigenvalue weighted by Gasteiger charge is 2.15.